The van der Waals surface area contributed by atoms with Crippen molar-refractivity contribution in [3.63, 3.8) is 0 Å². The summed E-state index contributed by atoms with van der Waals surface area (Å²) in [6.45, 7) is 2.20. The van der Waals surface area contributed by atoms with Crippen molar-refractivity contribution in [2.45, 2.75) is 13.5 Å². The molecule has 0 fully saturated rings. The summed E-state index contributed by atoms with van der Waals surface area (Å²) < 4.78 is 18.5. The first-order valence-electron chi connectivity index (χ1n) is 5.39. The van der Waals surface area contributed by atoms with Crippen LogP contribution in [-0.2, 0) is 6.61 Å². The third kappa shape index (κ3) is 2.75. The first-order valence-corrected chi connectivity index (χ1v) is 5.39. The lowest BCUT2D eigenvalue weighted by molar-refractivity contribution is 0.304. The molecule has 0 bridgehead atoms. The molecule has 0 radical (unpaired) electrons. The number of nitrogen functional groups attached to an aromatic ring is 1. The number of benzene rings is 2. The third-order valence-corrected chi connectivity index (χ3v) is 2.58. The molecule has 2 nitrogen and oxygen atoms in total. The number of hydrogen-bond acceptors (Lipinski definition) is 2. The van der Waals surface area contributed by atoms with Gasteiger partial charge in [-0.3, -0.25) is 0 Å². The van der Waals surface area contributed by atoms with Gasteiger partial charge in [-0.15, -0.1) is 0 Å². The van der Waals surface area contributed by atoms with Gasteiger partial charge in [0.2, 0.25) is 0 Å². The highest BCUT2D eigenvalue weighted by Crippen LogP contribution is 2.21. The van der Waals surface area contributed by atoms with Crippen LogP contribution >= 0.6 is 0 Å². The van der Waals surface area contributed by atoms with Crippen LogP contribution in [0.25, 0.3) is 0 Å². The van der Waals surface area contributed by atoms with Crippen molar-refractivity contribution in [3.05, 3.63) is 59.4 Å². The van der Waals surface area contributed by atoms with Gasteiger partial charge in [0.1, 0.15) is 18.2 Å². The molecule has 0 aliphatic rings. The average Bonchev–Trinajstić information content (AvgIpc) is 2.30. The summed E-state index contributed by atoms with van der Waals surface area (Å²) in [5.74, 6) is 0.420. The molecule has 0 unspecified atom stereocenters. The zero-order valence-electron chi connectivity index (χ0n) is 9.61. The van der Waals surface area contributed by atoms with Gasteiger partial charge < -0.3 is 10.5 Å². The molecule has 17 heavy (non-hydrogen) atoms. The molecule has 0 heterocycles. The van der Waals surface area contributed by atoms with Gasteiger partial charge in [0, 0.05) is 11.3 Å². The first kappa shape index (κ1) is 11.5. The molecule has 0 saturated heterocycles. The van der Waals surface area contributed by atoms with E-state index in [9.17, 15) is 4.39 Å². The second-order valence-corrected chi connectivity index (χ2v) is 3.90. The predicted octanol–water partition coefficient (Wildman–Crippen LogP) is 3.30. The fourth-order valence-electron chi connectivity index (χ4n) is 1.60. The molecule has 3 heteroatoms. The van der Waals surface area contributed by atoms with Gasteiger partial charge in [0.05, 0.1) is 0 Å². The maximum Gasteiger partial charge on any atom is 0.123 e. The van der Waals surface area contributed by atoms with Crippen LogP contribution < -0.4 is 10.5 Å². The zero-order valence-corrected chi connectivity index (χ0v) is 9.61. The Morgan fingerprint density at radius 1 is 1.18 bits per heavy atom. The number of halogens is 1. The second-order valence-electron chi connectivity index (χ2n) is 3.90. The van der Waals surface area contributed by atoms with E-state index in [0.29, 0.717) is 18.0 Å². The zero-order chi connectivity index (χ0) is 12.3. The highest BCUT2D eigenvalue weighted by Gasteiger charge is 2.03. The molecule has 2 aromatic carbocycles. The van der Waals surface area contributed by atoms with Crippen LogP contribution in [0.5, 0.6) is 5.75 Å². The standard InChI is InChI=1S/C14H14FNO/c1-10-8-12(15)6-7-14(10)17-9-11-4-2-3-5-13(11)16/h2-8H,9,16H2,1H3. The van der Waals surface area contributed by atoms with Crippen molar-refractivity contribution >= 4 is 5.69 Å². The Balaban J connectivity index is 2.10. The summed E-state index contributed by atoms with van der Waals surface area (Å²) in [5, 5.41) is 0. The fraction of sp³-hybridized carbons (Fsp3) is 0.143. The van der Waals surface area contributed by atoms with Crippen molar-refractivity contribution in [2.75, 3.05) is 5.73 Å². The van der Waals surface area contributed by atoms with E-state index in [-0.39, 0.29) is 5.82 Å². The van der Waals surface area contributed by atoms with Gasteiger partial charge in [-0.2, -0.15) is 0 Å². The third-order valence-electron chi connectivity index (χ3n) is 2.58. The minimum absolute atomic E-state index is 0.255. The number of para-hydroxylation sites is 1. The quantitative estimate of drug-likeness (QED) is 0.822. The maximum atomic E-state index is 12.9. The lowest BCUT2D eigenvalue weighted by Crippen LogP contribution is -2.00. The van der Waals surface area contributed by atoms with Gasteiger partial charge in [-0.05, 0) is 36.8 Å². The number of hydrogen-bond donors (Lipinski definition) is 1. The minimum atomic E-state index is -0.255. The van der Waals surface area contributed by atoms with Crippen LogP contribution in [-0.4, -0.2) is 0 Å². The Morgan fingerprint density at radius 3 is 2.65 bits per heavy atom. The van der Waals surface area contributed by atoms with Gasteiger partial charge in [-0.1, -0.05) is 18.2 Å². The summed E-state index contributed by atoms with van der Waals surface area (Å²) in [6, 6.07) is 12.0. The summed E-state index contributed by atoms with van der Waals surface area (Å²) in [5.41, 5.74) is 8.21. The molecule has 0 atom stereocenters. The van der Waals surface area contributed by atoms with Crippen molar-refractivity contribution in [3.8, 4) is 5.75 Å². The monoisotopic (exact) mass is 231 g/mol. The SMILES string of the molecule is Cc1cc(F)ccc1OCc1ccccc1N. The van der Waals surface area contributed by atoms with E-state index < -0.39 is 0 Å². The molecule has 0 spiro atoms. The Kier molecular flexibility index (Phi) is 3.28. The highest BCUT2D eigenvalue weighted by atomic mass is 19.1. The van der Waals surface area contributed by atoms with Crippen molar-refractivity contribution in [1.29, 1.82) is 0 Å². The Hall–Kier alpha value is -2.03. The van der Waals surface area contributed by atoms with Crippen LogP contribution in [0, 0.1) is 12.7 Å². The van der Waals surface area contributed by atoms with Crippen LogP contribution in [0.15, 0.2) is 42.5 Å². The normalized spacial score (nSPS) is 10.2. The molecule has 88 valence electrons. The van der Waals surface area contributed by atoms with E-state index in [1.165, 1.54) is 12.1 Å². The molecule has 0 aliphatic heterocycles. The number of nitrogens with two attached hydrogens (primary N) is 1. The predicted molar refractivity (Wildman–Crippen MR) is 66.3 cm³/mol. The van der Waals surface area contributed by atoms with Gasteiger partial charge in [-0.25, -0.2) is 4.39 Å². The molecule has 0 amide bonds. The molecular formula is C14H14FNO. The van der Waals surface area contributed by atoms with Crippen molar-refractivity contribution in [2.24, 2.45) is 0 Å². The largest absolute Gasteiger partial charge is 0.489 e. The molecule has 0 saturated carbocycles. The van der Waals surface area contributed by atoms with E-state index in [1.54, 1.807) is 6.07 Å². The summed E-state index contributed by atoms with van der Waals surface area (Å²) in [4.78, 5) is 0. The van der Waals surface area contributed by atoms with Gasteiger partial charge in [0.25, 0.3) is 0 Å². The lowest BCUT2D eigenvalue weighted by atomic mass is 10.2. The van der Waals surface area contributed by atoms with Crippen LogP contribution in [0.4, 0.5) is 10.1 Å². The lowest BCUT2D eigenvalue weighted by Gasteiger charge is -2.10. The van der Waals surface area contributed by atoms with Gasteiger partial charge >= 0.3 is 0 Å². The van der Waals surface area contributed by atoms with E-state index >= 15 is 0 Å². The van der Waals surface area contributed by atoms with Crippen molar-refractivity contribution < 1.29 is 9.13 Å². The summed E-state index contributed by atoms with van der Waals surface area (Å²) >= 11 is 0. The number of ether oxygens (including phenoxy) is 1. The molecular weight excluding hydrogens is 217 g/mol. The van der Waals surface area contributed by atoms with Gasteiger partial charge in [0.15, 0.2) is 0 Å². The van der Waals surface area contributed by atoms with E-state index in [4.69, 9.17) is 10.5 Å². The maximum absolute atomic E-state index is 12.9. The van der Waals surface area contributed by atoms with E-state index in [0.717, 1.165) is 11.1 Å². The number of anilines is 1. The smallest absolute Gasteiger partial charge is 0.123 e. The average molecular weight is 231 g/mol. The Morgan fingerprint density at radius 2 is 1.94 bits per heavy atom. The molecule has 2 N–H and O–H groups in total. The first-order chi connectivity index (χ1) is 8.16. The highest BCUT2D eigenvalue weighted by molar-refractivity contribution is 5.46. The molecule has 0 aromatic heterocycles. The fourth-order valence-corrected chi connectivity index (χ4v) is 1.60. The second kappa shape index (κ2) is 4.87. The van der Waals surface area contributed by atoms with Crippen LogP contribution in [0.2, 0.25) is 0 Å². The Labute approximate surface area is 99.8 Å². The Bertz CT molecular complexity index is 525. The summed E-state index contributed by atoms with van der Waals surface area (Å²) in [6.07, 6.45) is 0. The van der Waals surface area contributed by atoms with E-state index in [2.05, 4.69) is 0 Å². The molecule has 0 aliphatic carbocycles. The van der Waals surface area contributed by atoms with Crippen molar-refractivity contribution in [1.82, 2.24) is 0 Å². The molecule has 2 rings (SSSR count). The van der Waals surface area contributed by atoms with Crippen LogP contribution in [0.1, 0.15) is 11.1 Å². The number of rotatable bonds is 3. The van der Waals surface area contributed by atoms with Crippen LogP contribution in [0.3, 0.4) is 0 Å². The minimum Gasteiger partial charge on any atom is -0.489 e. The summed E-state index contributed by atoms with van der Waals surface area (Å²) in [7, 11) is 0. The topological polar surface area (TPSA) is 35.2 Å². The number of aryl methyl sites for hydroxylation is 1. The molecule has 2 aromatic rings. The van der Waals surface area contributed by atoms with E-state index in [1.807, 2.05) is 31.2 Å².